The minimum Gasteiger partial charge on any atom is -0.494 e. The van der Waals surface area contributed by atoms with Crippen LogP contribution in [0.1, 0.15) is 40.5 Å². The highest BCUT2D eigenvalue weighted by atomic mass is 16.5. The smallest absolute Gasteiger partial charge is 0.343 e. The molecule has 3 aromatic carbocycles. The molecule has 4 aromatic rings. The molecule has 0 N–H and O–H groups in total. The number of esters is 2. The number of hydrogen-bond donors (Lipinski definition) is 0. The molecule has 0 aliphatic rings. The average Bonchev–Trinajstić information content (AvgIpc) is 3.40. The number of nitrogens with zero attached hydrogens (tertiary/aromatic N) is 2. The van der Waals surface area contributed by atoms with Gasteiger partial charge in [0.1, 0.15) is 11.5 Å². The number of rotatable bonds is 9. The van der Waals surface area contributed by atoms with E-state index in [2.05, 4.69) is 21.8 Å². The summed E-state index contributed by atoms with van der Waals surface area (Å²) in [5, 5.41) is 4.06. The zero-order chi connectivity index (χ0) is 24.6. The lowest BCUT2D eigenvalue weighted by Gasteiger charge is -2.05. The molecule has 1 aromatic heterocycles. The van der Waals surface area contributed by atoms with Crippen LogP contribution < -0.4 is 9.47 Å². The molecule has 8 nitrogen and oxygen atoms in total. The first-order chi connectivity index (χ1) is 17.1. The van der Waals surface area contributed by atoms with Crippen molar-refractivity contribution in [3.63, 3.8) is 0 Å². The molecule has 178 valence electrons. The second-order valence-electron chi connectivity index (χ2n) is 7.63. The van der Waals surface area contributed by atoms with Gasteiger partial charge in [-0.2, -0.15) is 4.98 Å². The fraction of sp³-hybridized carbons (Fsp3) is 0.185. The highest BCUT2D eigenvalue weighted by molar-refractivity contribution is 5.92. The summed E-state index contributed by atoms with van der Waals surface area (Å²) in [6.45, 7) is 2.81. The molecule has 4 rings (SSSR count). The molecule has 0 aliphatic carbocycles. The first-order valence-corrected chi connectivity index (χ1v) is 11.2. The number of carbonyl (C=O) groups is 2. The summed E-state index contributed by atoms with van der Waals surface area (Å²) >= 11 is 0. The normalized spacial score (nSPS) is 10.6. The maximum atomic E-state index is 12.5. The van der Waals surface area contributed by atoms with E-state index < -0.39 is 11.9 Å². The van der Waals surface area contributed by atoms with Crippen LogP contribution in [0.2, 0.25) is 0 Å². The van der Waals surface area contributed by atoms with Crippen LogP contribution in [-0.4, -0.2) is 35.8 Å². The zero-order valence-corrected chi connectivity index (χ0v) is 19.4. The monoisotopic (exact) mass is 472 g/mol. The van der Waals surface area contributed by atoms with Gasteiger partial charge >= 0.3 is 11.9 Å². The first kappa shape index (κ1) is 23.7. The standard InChI is InChI=1S/C27H24N2O6/c1-3-4-17-33-22-13-9-18(10-14-22)24-28-25(35-29-24)19-5-7-21(8-6-19)27(31)34-23-15-11-20(12-16-23)26(30)32-2/h5-16H,3-4,17H2,1-2H3. The molecule has 0 amide bonds. The predicted octanol–water partition coefficient (Wildman–Crippen LogP) is 5.59. The van der Waals surface area contributed by atoms with E-state index in [4.69, 9.17) is 14.0 Å². The lowest BCUT2D eigenvalue weighted by Crippen LogP contribution is -2.08. The van der Waals surface area contributed by atoms with E-state index in [-0.39, 0.29) is 0 Å². The van der Waals surface area contributed by atoms with Crippen molar-refractivity contribution in [2.24, 2.45) is 0 Å². The van der Waals surface area contributed by atoms with E-state index in [0.29, 0.717) is 40.8 Å². The van der Waals surface area contributed by atoms with Crippen molar-refractivity contribution in [2.75, 3.05) is 13.7 Å². The summed E-state index contributed by atoms with van der Waals surface area (Å²) in [5.41, 5.74) is 2.19. The van der Waals surface area contributed by atoms with Gasteiger partial charge in [0, 0.05) is 11.1 Å². The van der Waals surface area contributed by atoms with Crippen molar-refractivity contribution in [1.29, 1.82) is 0 Å². The van der Waals surface area contributed by atoms with Gasteiger partial charge in [-0.25, -0.2) is 9.59 Å². The molecule has 0 aliphatic heterocycles. The molecule has 35 heavy (non-hydrogen) atoms. The van der Waals surface area contributed by atoms with Crippen LogP contribution in [0.15, 0.2) is 77.3 Å². The maximum Gasteiger partial charge on any atom is 0.343 e. The minimum absolute atomic E-state index is 0.315. The van der Waals surface area contributed by atoms with Gasteiger partial charge in [0.15, 0.2) is 0 Å². The molecule has 0 saturated carbocycles. The Morgan fingerprint density at radius 3 is 2.06 bits per heavy atom. The topological polar surface area (TPSA) is 101 Å². The molecule has 0 bridgehead atoms. The fourth-order valence-electron chi connectivity index (χ4n) is 3.18. The van der Waals surface area contributed by atoms with E-state index >= 15 is 0 Å². The largest absolute Gasteiger partial charge is 0.494 e. The number of carbonyl (C=O) groups excluding carboxylic acids is 2. The quantitative estimate of drug-likeness (QED) is 0.177. The van der Waals surface area contributed by atoms with Gasteiger partial charge in [-0.05, 0) is 79.2 Å². The number of ether oxygens (including phenoxy) is 3. The second-order valence-corrected chi connectivity index (χ2v) is 7.63. The van der Waals surface area contributed by atoms with Crippen molar-refractivity contribution < 1.29 is 28.3 Å². The maximum absolute atomic E-state index is 12.5. The van der Waals surface area contributed by atoms with Crippen LogP contribution in [0.3, 0.4) is 0 Å². The SMILES string of the molecule is CCCCOc1ccc(-c2noc(-c3ccc(C(=O)Oc4ccc(C(=O)OC)cc4)cc3)n2)cc1. The summed E-state index contributed by atoms with van der Waals surface area (Å²) in [7, 11) is 1.30. The Morgan fingerprint density at radius 1 is 0.800 bits per heavy atom. The van der Waals surface area contributed by atoms with Crippen LogP contribution >= 0.6 is 0 Å². The predicted molar refractivity (Wildman–Crippen MR) is 128 cm³/mol. The van der Waals surface area contributed by atoms with Gasteiger partial charge in [0.05, 0.1) is 24.8 Å². The first-order valence-electron chi connectivity index (χ1n) is 11.2. The Morgan fingerprint density at radius 2 is 1.40 bits per heavy atom. The van der Waals surface area contributed by atoms with Crippen molar-refractivity contribution in [1.82, 2.24) is 10.1 Å². The third-order valence-electron chi connectivity index (χ3n) is 5.16. The van der Waals surface area contributed by atoms with E-state index in [1.165, 1.54) is 31.4 Å². The summed E-state index contributed by atoms with van der Waals surface area (Å²) in [6.07, 6.45) is 2.09. The molecule has 0 saturated heterocycles. The Labute approximate surface area is 202 Å². The Hall–Kier alpha value is -4.46. The molecular formula is C27H24N2O6. The molecule has 0 fully saturated rings. The van der Waals surface area contributed by atoms with E-state index in [1.54, 1.807) is 24.3 Å². The van der Waals surface area contributed by atoms with Crippen molar-refractivity contribution in [3.8, 4) is 34.3 Å². The highest BCUT2D eigenvalue weighted by Crippen LogP contribution is 2.25. The molecule has 1 heterocycles. The van der Waals surface area contributed by atoms with Crippen LogP contribution in [-0.2, 0) is 4.74 Å². The summed E-state index contributed by atoms with van der Waals surface area (Å²) in [6, 6.07) is 20.3. The highest BCUT2D eigenvalue weighted by Gasteiger charge is 2.14. The van der Waals surface area contributed by atoms with Gasteiger partial charge in [-0.1, -0.05) is 18.5 Å². The number of unbranched alkanes of at least 4 members (excludes halogenated alkanes) is 1. The van der Waals surface area contributed by atoms with E-state index in [1.807, 2.05) is 24.3 Å². The van der Waals surface area contributed by atoms with Crippen molar-refractivity contribution in [3.05, 3.63) is 83.9 Å². The molecule has 0 radical (unpaired) electrons. The minimum atomic E-state index is -0.533. The van der Waals surface area contributed by atoms with Crippen LogP contribution in [0.5, 0.6) is 11.5 Å². The average molecular weight is 472 g/mol. The van der Waals surface area contributed by atoms with Gasteiger partial charge in [0.25, 0.3) is 5.89 Å². The third kappa shape index (κ3) is 5.92. The molecule has 8 heteroatoms. The van der Waals surface area contributed by atoms with Crippen molar-refractivity contribution >= 4 is 11.9 Å². The van der Waals surface area contributed by atoms with E-state index in [0.717, 1.165) is 24.2 Å². The van der Waals surface area contributed by atoms with Gasteiger partial charge < -0.3 is 18.7 Å². The Balaban J connectivity index is 1.39. The molecule has 0 atom stereocenters. The third-order valence-corrected chi connectivity index (χ3v) is 5.16. The van der Waals surface area contributed by atoms with Gasteiger partial charge in [-0.15, -0.1) is 0 Å². The van der Waals surface area contributed by atoms with Crippen LogP contribution in [0.25, 0.3) is 22.8 Å². The van der Waals surface area contributed by atoms with Gasteiger partial charge in [0.2, 0.25) is 5.82 Å². The number of benzene rings is 3. The molecule has 0 spiro atoms. The van der Waals surface area contributed by atoms with Crippen LogP contribution in [0.4, 0.5) is 0 Å². The zero-order valence-electron chi connectivity index (χ0n) is 19.4. The summed E-state index contributed by atoms with van der Waals surface area (Å²) < 4.78 is 21.1. The molecular weight excluding hydrogens is 448 g/mol. The number of hydrogen-bond acceptors (Lipinski definition) is 8. The Bertz CT molecular complexity index is 1280. The lowest BCUT2D eigenvalue weighted by molar-refractivity contribution is 0.0600. The Kier molecular flexibility index (Phi) is 7.52. The fourth-order valence-corrected chi connectivity index (χ4v) is 3.18. The second kappa shape index (κ2) is 11.1. The van der Waals surface area contributed by atoms with E-state index in [9.17, 15) is 9.59 Å². The summed E-state index contributed by atoms with van der Waals surface area (Å²) in [4.78, 5) is 28.4. The number of aromatic nitrogens is 2. The number of methoxy groups -OCH3 is 1. The molecule has 0 unspecified atom stereocenters. The lowest BCUT2D eigenvalue weighted by atomic mass is 10.1. The van der Waals surface area contributed by atoms with Crippen LogP contribution in [0, 0.1) is 0 Å². The summed E-state index contributed by atoms with van der Waals surface area (Å²) in [5.74, 6) is 0.911. The van der Waals surface area contributed by atoms with Crippen molar-refractivity contribution in [2.45, 2.75) is 19.8 Å². The van der Waals surface area contributed by atoms with Gasteiger partial charge in [-0.3, -0.25) is 0 Å².